The Labute approximate surface area is 109 Å². The summed E-state index contributed by atoms with van der Waals surface area (Å²) in [5.74, 6) is -2.31. The molecular formula is C14H14FNO3. The van der Waals surface area contributed by atoms with E-state index < -0.39 is 17.8 Å². The number of halogens is 1. The van der Waals surface area contributed by atoms with E-state index in [1.54, 1.807) is 6.07 Å². The summed E-state index contributed by atoms with van der Waals surface area (Å²) in [7, 11) is 0. The Bertz CT molecular complexity index is 558. The first-order valence-electron chi connectivity index (χ1n) is 6.38. The molecule has 0 saturated heterocycles. The molecule has 0 heterocycles. The number of fused-ring (bicyclic) bond motifs is 1. The van der Waals surface area contributed by atoms with Crippen molar-refractivity contribution < 1.29 is 19.1 Å². The topological polar surface area (TPSA) is 66.4 Å². The molecule has 2 aliphatic rings. The summed E-state index contributed by atoms with van der Waals surface area (Å²) >= 11 is 0. The maximum Gasteiger partial charge on any atom is 0.307 e. The Hall–Kier alpha value is -1.91. The third kappa shape index (κ3) is 2.20. The maximum absolute atomic E-state index is 13.1. The van der Waals surface area contributed by atoms with E-state index in [1.165, 1.54) is 12.1 Å². The standard InChI is InChI=1S/C14H14FNO3/c15-8-2-3-9-7(5-8)1-4-12(9)16-13(17)10-6-11(10)14(18)19/h2-3,5,10-12H,1,4,6H2,(H,16,17)(H,18,19)/t10-,11-,12+/m1/s1. The Balaban J connectivity index is 1.67. The second-order valence-electron chi connectivity index (χ2n) is 5.23. The van der Waals surface area contributed by atoms with E-state index in [1.807, 2.05) is 0 Å². The fourth-order valence-corrected chi connectivity index (χ4v) is 2.77. The summed E-state index contributed by atoms with van der Waals surface area (Å²) in [6.07, 6.45) is 1.91. The van der Waals surface area contributed by atoms with Crippen molar-refractivity contribution in [3.63, 3.8) is 0 Å². The lowest BCUT2D eigenvalue weighted by Gasteiger charge is -2.14. The Morgan fingerprint density at radius 3 is 2.79 bits per heavy atom. The fraction of sp³-hybridized carbons (Fsp3) is 0.429. The first-order valence-corrected chi connectivity index (χ1v) is 6.38. The van der Waals surface area contributed by atoms with Crippen molar-refractivity contribution in [2.45, 2.75) is 25.3 Å². The molecule has 0 aliphatic heterocycles. The van der Waals surface area contributed by atoms with Gasteiger partial charge in [-0.05, 0) is 42.5 Å². The lowest BCUT2D eigenvalue weighted by Crippen LogP contribution is -2.29. The first kappa shape index (κ1) is 12.1. The largest absolute Gasteiger partial charge is 0.481 e. The van der Waals surface area contributed by atoms with Gasteiger partial charge in [0.15, 0.2) is 0 Å². The van der Waals surface area contributed by atoms with Gasteiger partial charge in [-0.15, -0.1) is 0 Å². The van der Waals surface area contributed by atoms with E-state index in [0.717, 1.165) is 24.0 Å². The Kier molecular flexibility index (Phi) is 2.77. The minimum atomic E-state index is -0.908. The van der Waals surface area contributed by atoms with Gasteiger partial charge < -0.3 is 10.4 Å². The molecular weight excluding hydrogens is 249 g/mol. The molecule has 1 saturated carbocycles. The predicted molar refractivity (Wildman–Crippen MR) is 64.8 cm³/mol. The van der Waals surface area contributed by atoms with Crippen molar-refractivity contribution in [2.75, 3.05) is 0 Å². The zero-order valence-electron chi connectivity index (χ0n) is 10.2. The third-order valence-electron chi connectivity index (χ3n) is 3.94. The number of carbonyl (C=O) groups excluding carboxylic acids is 1. The number of carbonyl (C=O) groups is 2. The molecule has 2 aliphatic carbocycles. The minimum Gasteiger partial charge on any atom is -0.481 e. The van der Waals surface area contributed by atoms with Gasteiger partial charge in [-0.25, -0.2) is 4.39 Å². The van der Waals surface area contributed by atoms with Crippen LogP contribution in [-0.4, -0.2) is 17.0 Å². The monoisotopic (exact) mass is 263 g/mol. The van der Waals surface area contributed by atoms with Gasteiger partial charge in [0.25, 0.3) is 0 Å². The smallest absolute Gasteiger partial charge is 0.307 e. The summed E-state index contributed by atoms with van der Waals surface area (Å²) in [5.41, 5.74) is 1.87. The molecule has 0 radical (unpaired) electrons. The molecule has 5 heteroatoms. The second-order valence-corrected chi connectivity index (χ2v) is 5.23. The normalized spacial score (nSPS) is 27.7. The van der Waals surface area contributed by atoms with Crippen LogP contribution in [0, 0.1) is 17.7 Å². The number of aryl methyl sites for hydroxylation is 1. The van der Waals surface area contributed by atoms with Crippen LogP contribution in [0.25, 0.3) is 0 Å². The zero-order valence-corrected chi connectivity index (χ0v) is 10.2. The van der Waals surface area contributed by atoms with Gasteiger partial charge in [0.2, 0.25) is 5.91 Å². The van der Waals surface area contributed by atoms with Gasteiger partial charge in [0.05, 0.1) is 17.9 Å². The van der Waals surface area contributed by atoms with Crippen LogP contribution in [0.15, 0.2) is 18.2 Å². The van der Waals surface area contributed by atoms with Crippen molar-refractivity contribution in [3.05, 3.63) is 35.1 Å². The molecule has 3 rings (SSSR count). The number of nitrogens with one attached hydrogen (secondary N) is 1. The number of hydrogen-bond donors (Lipinski definition) is 2. The van der Waals surface area contributed by atoms with E-state index in [2.05, 4.69) is 5.32 Å². The molecule has 19 heavy (non-hydrogen) atoms. The van der Waals surface area contributed by atoms with Crippen LogP contribution in [0.2, 0.25) is 0 Å². The molecule has 0 bridgehead atoms. The number of benzene rings is 1. The lowest BCUT2D eigenvalue weighted by atomic mass is 10.1. The van der Waals surface area contributed by atoms with Crippen molar-refractivity contribution in [2.24, 2.45) is 11.8 Å². The molecule has 4 nitrogen and oxygen atoms in total. The Morgan fingerprint density at radius 2 is 2.11 bits per heavy atom. The molecule has 0 unspecified atom stereocenters. The first-order chi connectivity index (χ1) is 9.06. The lowest BCUT2D eigenvalue weighted by molar-refractivity contribution is -0.140. The quantitative estimate of drug-likeness (QED) is 0.871. The van der Waals surface area contributed by atoms with Crippen LogP contribution in [0.3, 0.4) is 0 Å². The molecule has 1 amide bonds. The highest BCUT2D eigenvalue weighted by Crippen LogP contribution is 2.40. The van der Waals surface area contributed by atoms with Crippen molar-refractivity contribution in [1.82, 2.24) is 5.32 Å². The molecule has 1 aromatic carbocycles. The van der Waals surface area contributed by atoms with Crippen molar-refractivity contribution >= 4 is 11.9 Å². The molecule has 100 valence electrons. The third-order valence-corrected chi connectivity index (χ3v) is 3.94. The summed E-state index contributed by atoms with van der Waals surface area (Å²) in [6, 6.07) is 4.47. The van der Waals surface area contributed by atoms with Gasteiger partial charge in [-0.1, -0.05) is 6.07 Å². The summed E-state index contributed by atoms with van der Waals surface area (Å²) < 4.78 is 13.1. The van der Waals surface area contributed by atoms with E-state index >= 15 is 0 Å². The highest BCUT2D eigenvalue weighted by molar-refractivity contribution is 5.89. The SMILES string of the molecule is O=C(O)[C@@H]1C[C@H]1C(=O)N[C@H]1CCc2cc(F)ccc21. The van der Waals surface area contributed by atoms with E-state index in [-0.39, 0.29) is 17.8 Å². The van der Waals surface area contributed by atoms with E-state index in [4.69, 9.17) is 5.11 Å². The summed E-state index contributed by atoms with van der Waals surface area (Å²) in [5, 5.41) is 11.7. The molecule has 2 N–H and O–H groups in total. The predicted octanol–water partition coefficient (Wildman–Crippen LogP) is 1.65. The van der Waals surface area contributed by atoms with Gasteiger partial charge >= 0.3 is 5.97 Å². The van der Waals surface area contributed by atoms with Crippen LogP contribution in [0.4, 0.5) is 4.39 Å². The number of amides is 1. The van der Waals surface area contributed by atoms with E-state index in [9.17, 15) is 14.0 Å². The van der Waals surface area contributed by atoms with Crippen LogP contribution < -0.4 is 5.32 Å². The molecule has 0 spiro atoms. The summed E-state index contributed by atoms with van der Waals surface area (Å²) in [4.78, 5) is 22.6. The maximum atomic E-state index is 13.1. The van der Waals surface area contributed by atoms with Crippen LogP contribution in [-0.2, 0) is 16.0 Å². The van der Waals surface area contributed by atoms with Crippen LogP contribution >= 0.6 is 0 Å². The molecule has 1 aromatic rings. The zero-order chi connectivity index (χ0) is 13.6. The van der Waals surface area contributed by atoms with Crippen molar-refractivity contribution in [3.8, 4) is 0 Å². The number of carboxylic acids is 1. The second kappa shape index (κ2) is 4.33. The fourth-order valence-electron chi connectivity index (χ4n) is 2.77. The molecule has 3 atom stereocenters. The number of aliphatic carboxylic acids is 1. The summed E-state index contributed by atoms with van der Waals surface area (Å²) in [6.45, 7) is 0. The van der Waals surface area contributed by atoms with Crippen LogP contribution in [0.5, 0.6) is 0 Å². The van der Waals surface area contributed by atoms with Crippen LogP contribution in [0.1, 0.15) is 30.0 Å². The van der Waals surface area contributed by atoms with Crippen molar-refractivity contribution in [1.29, 1.82) is 0 Å². The minimum absolute atomic E-state index is 0.113. The van der Waals surface area contributed by atoms with E-state index in [0.29, 0.717) is 6.42 Å². The average Bonchev–Trinajstić information content (AvgIpc) is 3.08. The Morgan fingerprint density at radius 1 is 1.32 bits per heavy atom. The number of rotatable bonds is 3. The highest BCUT2D eigenvalue weighted by Gasteiger charge is 2.48. The van der Waals surface area contributed by atoms with Gasteiger partial charge in [0, 0.05) is 0 Å². The van der Waals surface area contributed by atoms with Gasteiger partial charge in [0.1, 0.15) is 5.82 Å². The number of hydrogen-bond acceptors (Lipinski definition) is 2. The number of carboxylic acid groups (broad SMARTS) is 1. The molecule has 1 fully saturated rings. The highest BCUT2D eigenvalue weighted by atomic mass is 19.1. The average molecular weight is 263 g/mol. The molecule has 0 aromatic heterocycles. The van der Waals surface area contributed by atoms with Gasteiger partial charge in [-0.2, -0.15) is 0 Å². The van der Waals surface area contributed by atoms with Gasteiger partial charge in [-0.3, -0.25) is 9.59 Å².